The molecule has 6 heteroatoms. The third-order valence-corrected chi connectivity index (χ3v) is 4.06. The second kappa shape index (κ2) is 5.09. The van der Waals surface area contributed by atoms with E-state index in [4.69, 9.17) is 5.11 Å². The van der Waals surface area contributed by atoms with Crippen molar-refractivity contribution in [2.45, 2.75) is 31.2 Å². The van der Waals surface area contributed by atoms with Crippen molar-refractivity contribution < 1.29 is 23.5 Å². The van der Waals surface area contributed by atoms with Gasteiger partial charge in [-0.3, -0.25) is 9.59 Å². The van der Waals surface area contributed by atoms with E-state index in [0.717, 1.165) is 25.0 Å². The van der Waals surface area contributed by atoms with E-state index in [1.807, 2.05) is 0 Å². The summed E-state index contributed by atoms with van der Waals surface area (Å²) in [6, 6.07) is 3.68. The zero-order chi connectivity index (χ0) is 15.1. The summed E-state index contributed by atoms with van der Waals surface area (Å²) in [5.41, 5.74) is 0.596. The van der Waals surface area contributed by atoms with Gasteiger partial charge < -0.3 is 10.0 Å². The molecule has 1 amide bonds. The number of carbonyl (C=O) groups excluding carboxylic acids is 1. The van der Waals surface area contributed by atoms with Gasteiger partial charge in [0.05, 0.1) is 0 Å². The molecule has 0 aliphatic heterocycles. The molecular formula is C15H15F2NO3. The fourth-order valence-corrected chi connectivity index (χ4v) is 2.71. The van der Waals surface area contributed by atoms with E-state index in [1.165, 1.54) is 11.0 Å². The van der Waals surface area contributed by atoms with Gasteiger partial charge in [-0.05, 0) is 42.9 Å². The molecule has 2 atom stereocenters. The normalized spacial score (nSPS) is 23.7. The Morgan fingerprint density at radius 3 is 2.52 bits per heavy atom. The number of carbonyl (C=O) groups is 2. The van der Waals surface area contributed by atoms with E-state index < -0.39 is 17.6 Å². The highest BCUT2D eigenvalue weighted by atomic mass is 19.2. The van der Waals surface area contributed by atoms with Crippen LogP contribution in [0.25, 0.3) is 0 Å². The molecular weight excluding hydrogens is 280 g/mol. The number of benzene rings is 1. The molecule has 1 aromatic carbocycles. The van der Waals surface area contributed by atoms with Gasteiger partial charge in [0.15, 0.2) is 11.6 Å². The minimum atomic E-state index is -1.03. The Morgan fingerprint density at radius 1 is 1.24 bits per heavy atom. The summed E-state index contributed by atoms with van der Waals surface area (Å²) in [6.07, 6.45) is 2.23. The van der Waals surface area contributed by atoms with Crippen LogP contribution in [-0.2, 0) is 9.59 Å². The molecule has 3 rings (SSSR count). The maximum absolute atomic E-state index is 13.2. The first-order chi connectivity index (χ1) is 9.97. The lowest BCUT2D eigenvalue weighted by Gasteiger charge is -2.20. The van der Waals surface area contributed by atoms with Crippen LogP contribution in [-0.4, -0.2) is 34.5 Å². The van der Waals surface area contributed by atoms with Crippen molar-refractivity contribution in [1.29, 1.82) is 0 Å². The maximum atomic E-state index is 13.2. The van der Waals surface area contributed by atoms with Crippen molar-refractivity contribution in [2.75, 3.05) is 6.54 Å². The van der Waals surface area contributed by atoms with E-state index in [9.17, 15) is 18.4 Å². The number of aliphatic carboxylic acids is 1. The predicted octanol–water partition coefficient (Wildman–Crippen LogP) is 2.14. The van der Waals surface area contributed by atoms with Gasteiger partial charge >= 0.3 is 5.97 Å². The molecule has 0 heterocycles. The van der Waals surface area contributed by atoms with Gasteiger partial charge in [-0.25, -0.2) is 8.78 Å². The van der Waals surface area contributed by atoms with Crippen LogP contribution in [0, 0.1) is 17.6 Å². The number of hydrogen-bond acceptors (Lipinski definition) is 2. The van der Waals surface area contributed by atoms with Crippen LogP contribution in [0.5, 0.6) is 0 Å². The summed E-state index contributed by atoms with van der Waals surface area (Å²) in [4.78, 5) is 24.6. The number of nitrogens with zero attached hydrogens (tertiary/aromatic N) is 1. The minimum absolute atomic E-state index is 0.0276. The van der Waals surface area contributed by atoms with Crippen molar-refractivity contribution in [1.82, 2.24) is 4.90 Å². The third kappa shape index (κ3) is 2.89. The van der Waals surface area contributed by atoms with Crippen molar-refractivity contribution in [3.8, 4) is 0 Å². The summed E-state index contributed by atoms with van der Waals surface area (Å²) < 4.78 is 26.1. The number of halogens is 2. The molecule has 0 radical (unpaired) electrons. The molecule has 4 nitrogen and oxygen atoms in total. The fraction of sp³-hybridized carbons (Fsp3) is 0.467. The molecule has 21 heavy (non-hydrogen) atoms. The molecule has 2 aliphatic rings. The molecule has 0 bridgehead atoms. The summed E-state index contributed by atoms with van der Waals surface area (Å²) >= 11 is 0. The smallest absolute Gasteiger partial charge is 0.323 e. The number of rotatable bonds is 5. The van der Waals surface area contributed by atoms with Gasteiger partial charge in [-0.2, -0.15) is 0 Å². The van der Waals surface area contributed by atoms with Crippen LogP contribution in [0.2, 0.25) is 0 Å². The molecule has 0 aromatic heterocycles. The Balaban J connectivity index is 1.69. The maximum Gasteiger partial charge on any atom is 0.323 e. The largest absolute Gasteiger partial charge is 0.480 e. The Bertz CT molecular complexity index is 601. The topological polar surface area (TPSA) is 57.6 Å². The highest BCUT2D eigenvalue weighted by Gasteiger charge is 2.48. The molecule has 2 saturated carbocycles. The Kier molecular flexibility index (Phi) is 3.39. The minimum Gasteiger partial charge on any atom is -0.480 e. The quantitative estimate of drug-likeness (QED) is 0.905. The molecule has 0 unspecified atom stereocenters. The number of carboxylic acid groups (broad SMARTS) is 1. The lowest BCUT2D eigenvalue weighted by Crippen LogP contribution is -2.38. The average Bonchev–Trinajstić information content (AvgIpc) is 3.30. The van der Waals surface area contributed by atoms with Crippen LogP contribution >= 0.6 is 0 Å². The van der Waals surface area contributed by atoms with Crippen LogP contribution in [0.3, 0.4) is 0 Å². The zero-order valence-corrected chi connectivity index (χ0v) is 11.3. The van der Waals surface area contributed by atoms with Crippen molar-refractivity contribution >= 4 is 11.9 Å². The molecule has 1 N–H and O–H groups in total. The Labute approximate surface area is 120 Å². The van der Waals surface area contributed by atoms with E-state index in [0.29, 0.717) is 12.0 Å². The van der Waals surface area contributed by atoms with Gasteiger partial charge in [0, 0.05) is 12.0 Å². The van der Waals surface area contributed by atoms with Gasteiger partial charge in [0.2, 0.25) is 5.91 Å². The summed E-state index contributed by atoms with van der Waals surface area (Å²) in [5.74, 6) is -3.49. The van der Waals surface area contributed by atoms with Crippen molar-refractivity contribution in [3.63, 3.8) is 0 Å². The van der Waals surface area contributed by atoms with E-state index in [2.05, 4.69) is 0 Å². The first kappa shape index (κ1) is 14.0. The first-order valence-corrected chi connectivity index (χ1v) is 6.94. The van der Waals surface area contributed by atoms with Gasteiger partial charge in [-0.1, -0.05) is 6.07 Å². The van der Waals surface area contributed by atoms with Crippen LogP contribution in [0.4, 0.5) is 8.78 Å². The summed E-state index contributed by atoms with van der Waals surface area (Å²) in [7, 11) is 0. The third-order valence-electron chi connectivity index (χ3n) is 4.06. The van der Waals surface area contributed by atoms with Crippen LogP contribution < -0.4 is 0 Å². The van der Waals surface area contributed by atoms with E-state index >= 15 is 0 Å². The standard InChI is InChI=1S/C15H15F2NO3/c16-12-4-1-8(5-13(12)17)10-6-11(10)15(21)18(7-14(19)20)9-2-3-9/h1,4-5,9-11H,2-3,6-7H2,(H,19,20)/t10-,11-/m0/s1. The highest BCUT2D eigenvalue weighted by molar-refractivity contribution is 5.86. The predicted molar refractivity (Wildman–Crippen MR) is 69.6 cm³/mol. The fourth-order valence-electron chi connectivity index (χ4n) is 2.71. The van der Waals surface area contributed by atoms with E-state index in [1.54, 1.807) is 0 Å². The molecule has 112 valence electrons. The number of hydrogen-bond donors (Lipinski definition) is 1. The SMILES string of the molecule is O=C(O)CN(C(=O)[C@H]1C[C@H]1c1ccc(F)c(F)c1)C1CC1. The summed E-state index contributed by atoms with van der Waals surface area (Å²) in [6.45, 7) is -0.287. The molecule has 2 aliphatic carbocycles. The number of amides is 1. The van der Waals surface area contributed by atoms with Crippen LogP contribution in [0.15, 0.2) is 18.2 Å². The summed E-state index contributed by atoms with van der Waals surface area (Å²) in [5, 5.41) is 8.88. The average molecular weight is 295 g/mol. The van der Waals surface area contributed by atoms with E-state index in [-0.39, 0.29) is 30.3 Å². The molecule has 2 fully saturated rings. The van der Waals surface area contributed by atoms with Gasteiger partial charge in [0.1, 0.15) is 6.54 Å². The van der Waals surface area contributed by atoms with Gasteiger partial charge in [-0.15, -0.1) is 0 Å². The Morgan fingerprint density at radius 2 is 1.95 bits per heavy atom. The monoisotopic (exact) mass is 295 g/mol. The van der Waals surface area contributed by atoms with Gasteiger partial charge in [0.25, 0.3) is 0 Å². The Hall–Kier alpha value is -1.98. The molecule has 0 spiro atoms. The van der Waals surface area contributed by atoms with Crippen LogP contribution in [0.1, 0.15) is 30.7 Å². The lowest BCUT2D eigenvalue weighted by atomic mass is 10.1. The van der Waals surface area contributed by atoms with Crippen molar-refractivity contribution in [2.24, 2.45) is 5.92 Å². The second-order valence-corrected chi connectivity index (χ2v) is 5.71. The second-order valence-electron chi connectivity index (χ2n) is 5.71. The molecule has 1 aromatic rings. The zero-order valence-electron chi connectivity index (χ0n) is 11.3. The highest BCUT2D eigenvalue weighted by Crippen LogP contribution is 2.49. The number of carboxylic acids is 1. The van der Waals surface area contributed by atoms with Crippen molar-refractivity contribution in [3.05, 3.63) is 35.4 Å². The first-order valence-electron chi connectivity index (χ1n) is 6.94. The lowest BCUT2D eigenvalue weighted by molar-refractivity contribution is -0.145. The molecule has 0 saturated heterocycles.